The molecule has 3 aromatic rings. The smallest absolute Gasteiger partial charge is 0.411 e. The molecule has 142 valence electrons. The van der Waals surface area contributed by atoms with Gasteiger partial charge < -0.3 is 14.8 Å². The molecule has 0 unspecified atom stereocenters. The van der Waals surface area contributed by atoms with Gasteiger partial charge in [-0.2, -0.15) is 0 Å². The summed E-state index contributed by atoms with van der Waals surface area (Å²) in [7, 11) is 1.29. The van der Waals surface area contributed by atoms with E-state index in [2.05, 4.69) is 15.4 Å². The van der Waals surface area contributed by atoms with Gasteiger partial charge in [0.15, 0.2) is 6.61 Å². The number of ether oxygens (including phenoxy) is 2. The number of benzene rings is 3. The summed E-state index contributed by atoms with van der Waals surface area (Å²) in [6, 6.07) is 24.1. The molecule has 2 amide bonds. The Hall–Kier alpha value is -3.80. The molecule has 28 heavy (non-hydrogen) atoms. The van der Waals surface area contributed by atoms with Gasteiger partial charge >= 0.3 is 6.09 Å². The first-order valence-corrected chi connectivity index (χ1v) is 8.68. The highest BCUT2D eigenvalue weighted by atomic mass is 16.5. The minimum Gasteiger partial charge on any atom is -0.484 e. The van der Waals surface area contributed by atoms with Crippen LogP contribution < -0.4 is 15.4 Å². The summed E-state index contributed by atoms with van der Waals surface area (Å²) in [5.41, 5.74) is 3.25. The molecule has 0 saturated heterocycles. The van der Waals surface area contributed by atoms with Crippen LogP contribution in [0.25, 0.3) is 11.1 Å². The fourth-order valence-electron chi connectivity index (χ4n) is 2.60. The highest BCUT2D eigenvalue weighted by Crippen LogP contribution is 2.27. The molecule has 0 aliphatic heterocycles. The second-order valence-electron chi connectivity index (χ2n) is 5.89. The van der Waals surface area contributed by atoms with Crippen LogP contribution in [0.15, 0.2) is 78.9 Å². The number of amides is 2. The number of rotatable bonds is 6. The summed E-state index contributed by atoms with van der Waals surface area (Å²) in [5.74, 6) is 0.252. The Morgan fingerprint density at radius 3 is 2.21 bits per heavy atom. The van der Waals surface area contributed by atoms with Gasteiger partial charge in [0.1, 0.15) is 5.75 Å². The maximum Gasteiger partial charge on any atom is 0.411 e. The van der Waals surface area contributed by atoms with Crippen molar-refractivity contribution in [2.75, 3.05) is 24.4 Å². The van der Waals surface area contributed by atoms with Crippen molar-refractivity contribution in [1.82, 2.24) is 0 Å². The molecule has 0 heterocycles. The molecule has 6 nitrogen and oxygen atoms in total. The van der Waals surface area contributed by atoms with Crippen LogP contribution in [0.2, 0.25) is 0 Å². The molecular weight excluding hydrogens is 356 g/mol. The van der Waals surface area contributed by atoms with Crippen molar-refractivity contribution in [1.29, 1.82) is 0 Å². The standard InChI is InChI=1S/C22H20N2O4/c1-27-22(26)23-17-11-13-18(14-12-17)28-15-21(25)24-20-10-6-5-9-19(20)16-7-3-2-4-8-16/h2-14H,15H2,1H3,(H,23,26)(H,24,25). The van der Waals surface area contributed by atoms with Gasteiger partial charge in [-0.3, -0.25) is 10.1 Å². The van der Waals surface area contributed by atoms with Crippen molar-refractivity contribution >= 4 is 23.4 Å². The van der Waals surface area contributed by atoms with Crippen molar-refractivity contribution in [2.24, 2.45) is 0 Å². The summed E-state index contributed by atoms with van der Waals surface area (Å²) in [6.07, 6.45) is -0.551. The van der Waals surface area contributed by atoms with E-state index in [9.17, 15) is 9.59 Å². The van der Waals surface area contributed by atoms with E-state index < -0.39 is 6.09 Å². The Morgan fingerprint density at radius 1 is 0.821 bits per heavy atom. The van der Waals surface area contributed by atoms with Gasteiger partial charge in [-0.15, -0.1) is 0 Å². The molecule has 0 saturated carbocycles. The first-order valence-electron chi connectivity index (χ1n) is 8.68. The van der Waals surface area contributed by atoms with Gasteiger partial charge in [0.25, 0.3) is 5.91 Å². The third-order valence-corrected chi connectivity index (χ3v) is 3.94. The Kier molecular flexibility index (Phi) is 6.25. The molecule has 0 atom stereocenters. The zero-order valence-electron chi connectivity index (χ0n) is 15.3. The Bertz CT molecular complexity index is 940. The van der Waals surface area contributed by atoms with Gasteiger partial charge in [0.2, 0.25) is 0 Å². The molecular formula is C22H20N2O4. The summed E-state index contributed by atoms with van der Waals surface area (Å²) >= 11 is 0. The van der Waals surface area contributed by atoms with E-state index in [1.165, 1.54) is 7.11 Å². The zero-order valence-corrected chi connectivity index (χ0v) is 15.3. The quantitative estimate of drug-likeness (QED) is 0.662. The molecule has 0 aliphatic carbocycles. The van der Waals surface area contributed by atoms with Crippen LogP contribution in [-0.2, 0) is 9.53 Å². The molecule has 2 N–H and O–H groups in total. The van der Waals surface area contributed by atoms with Crippen LogP contribution in [0.3, 0.4) is 0 Å². The van der Waals surface area contributed by atoms with Crippen LogP contribution in [0, 0.1) is 0 Å². The molecule has 0 aromatic heterocycles. The third-order valence-electron chi connectivity index (χ3n) is 3.94. The maximum absolute atomic E-state index is 12.3. The number of methoxy groups -OCH3 is 1. The van der Waals surface area contributed by atoms with Gasteiger partial charge in [-0.1, -0.05) is 48.5 Å². The molecule has 0 fully saturated rings. The van der Waals surface area contributed by atoms with E-state index in [0.29, 0.717) is 11.4 Å². The Morgan fingerprint density at radius 2 is 1.50 bits per heavy atom. The fourth-order valence-corrected chi connectivity index (χ4v) is 2.60. The van der Waals surface area contributed by atoms with Crippen molar-refractivity contribution in [2.45, 2.75) is 0 Å². The Balaban J connectivity index is 1.59. The van der Waals surface area contributed by atoms with Crippen LogP contribution in [-0.4, -0.2) is 25.7 Å². The normalized spacial score (nSPS) is 10.0. The lowest BCUT2D eigenvalue weighted by atomic mass is 10.0. The summed E-state index contributed by atoms with van der Waals surface area (Å²) in [5, 5.41) is 5.43. The van der Waals surface area contributed by atoms with Crippen LogP contribution in [0.5, 0.6) is 5.75 Å². The van der Waals surface area contributed by atoms with E-state index in [1.54, 1.807) is 24.3 Å². The average molecular weight is 376 g/mol. The van der Waals surface area contributed by atoms with Crippen LogP contribution >= 0.6 is 0 Å². The average Bonchev–Trinajstić information content (AvgIpc) is 2.74. The number of hydrogen-bond acceptors (Lipinski definition) is 4. The molecule has 0 spiro atoms. The third kappa shape index (κ3) is 5.11. The molecule has 0 bridgehead atoms. The fraction of sp³-hybridized carbons (Fsp3) is 0.0909. The van der Waals surface area contributed by atoms with Crippen molar-refractivity contribution < 1.29 is 19.1 Å². The summed E-state index contributed by atoms with van der Waals surface area (Å²) < 4.78 is 10.0. The highest BCUT2D eigenvalue weighted by molar-refractivity contribution is 5.96. The molecule has 3 aromatic carbocycles. The SMILES string of the molecule is COC(=O)Nc1ccc(OCC(=O)Nc2ccccc2-c2ccccc2)cc1. The van der Waals surface area contributed by atoms with Gasteiger partial charge in [0.05, 0.1) is 7.11 Å². The molecule has 6 heteroatoms. The topological polar surface area (TPSA) is 76.7 Å². The molecule has 0 aliphatic rings. The van der Waals surface area contributed by atoms with Gasteiger partial charge in [-0.25, -0.2) is 4.79 Å². The lowest BCUT2D eigenvalue weighted by molar-refractivity contribution is -0.118. The lowest BCUT2D eigenvalue weighted by Crippen LogP contribution is -2.20. The van der Waals surface area contributed by atoms with Gasteiger partial charge in [0, 0.05) is 16.9 Å². The first-order chi connectivity index (χ1) is 13.7. The number of para-hydroxylation sites is 1. The van der Waals surface area contributed by atoms with Crippen molar-refractivity contribution in [3.8, 4) is 16.9 Å². The summed E-state index contributed by atoms with van der Waals surface area (Å²) in [6.45, 7) is -0.132. The van der Waals surface area contributed by atoms with E-state index in [-0.39, 0.29) is 12.5 Å². The van der Waals surface area contributed by atoms with Crippen LogP contribution in [0.4, 0.5) is 16.2 Å². The van der Waals surface area contributed by atoms with E-state index in [0.717, 1.165) is 16.8 Å². The lowest BCUT2D eigenvalue weighted by Gasteiger charge is -2.12. The molecule has 0 radical (unpaired) electrons. The second-order valence-corrected chi connectivity index (χ2v) is 5.89. The number of carbonyl (C=O) groups is 2. The van der Waals surface area contributed by atoms with Crippen molar-refractivity contribution in [3.63, 3.8) is 0 Å². The second kappa shape index (κ2) is 9.23. The number of nitrogens with one attached hydrogen (secondary N) is 2. The summed E-state index contributed by atoms with van der Waals surface area (Å²) in [4.78, 5) is 23.5. The van der Waals surface area contributed by atoms with Crippen LogP contribution in [0.1, 0.15) is 0 Å². The number of hydrogen-bond donors (Lipinski definition) is 2. The number of carbonyl (C=O) groups excluding carboxylic acids is 2. The van der Waals surface area contributed by atoms with Gasteiger partial charge in [-0.05, 0) is 35.9 Å². The highest BCUT2D eigenvalue weighted by Gasteiger charge is 2.09. The predicted octanol–water partition coefficient (Wildman–Crippen LogP) is 4.55. The minimum atomic E-state index is -0.551. The first kappa shape index (κ1) is 19.0. The predicted molar refractivity (Wildman–Crippen MR) is 108 cm³/mol. The minimum absolute atomic E-state index is 0.132. The van der Waals surface area contributed by atoms with E-state index >= 15 is 0 Å². The molecule has 3 rings (SSSR count). The van der Waals surface area contributed by atoms with Crippen molar-refractivity contribution in [3.05, 3.63) is 78.9 Å². The Labute approximate surface area is 163 Å². The maximum atomic E-state index is 12.3. The zero-order chi connectivity index (χ0) is 19.8. The van der Waals surface area contributed by atoms with E-state index in [4.69, 9.17) is 4.74 Å². The van der Waals surface area contributed by atoms with E-state index in [1.807, 2.05) is 54.6 Å². The number of anilines is 2. The monoisotopic (exact) mass is 376 g/mol. The largest absolute Gasteiger partial charge is 0.484 e.